The van der Waals surface area contributed by atoms with Crippen LogP contribution >= 0.6 is 11.6 Å². The average Bonchev–Trinajstić information content (AvgIpc) is 3.05. The molecule has 0 bridgehead atoms. The van der Waals surface area contributed by atoms with Gasteiger partial charge in [0, 0.05) is 23.6 Å². The van der Waals surface area contributed by atoms with Crippen LogP contribution in [0.4, 0.5) is 0 Å². The van der Waals surface area contributed by atoms with E-state index >= 15 is 0 Å². The van der Waals surface area contributed by atoms with E-state index in [1.165, 1.54) is 12.5 Å². The first-order chi connectivity index (χ1) is 9.24. The van der Waals surface area contributed by atoms with Gasteiger partial charge in [-0.2, -0.15) is 0 Å². The highest BCUT2D eigenvalue weighted by Crippen LogP contribution is 2.32. The molecule has 0 unspecified atom stereocenters. The maximum absolute atomic E-state index is 11.8. The second kappa shape index (κ2) is 4.97. The molecule has 5 heteroatoms. The van der Waals surface area contributed by atoms with E-state index in [4.69, 9.17) is 20.8 Å². The summed E-state index contributed by atoms with van der Waals surface area (Å²) in [6.45, 7) is 1.05. The van der Waals surface area contributed by atoms with Gasteiger partial charge in [-0.05, 0) is 23.8 Å². The molecular weight excluding hydrogens is 266 g/mol. The van der Waals surface area contributed by atoms with Gasteiger partial charge in [-0.1, -0.05) is 11.6 Å². The summed E-state index contributed by atoms with van der Waals surface area (Å²) in [7, 11) is 0. The molecule has 1 aliphatic rings. The summed E-state index contributed by atoms with van der Waals surface area (Å²) in [4.78, 5) is 11.8. The zero-order valence-corrected chi connectivity index (χ0v) is 10.9. The van der Waals surface area contributed by atoms with Crippen molar-refractivity contribution in [3.8, 4) is 5.75 Å². The number of hydrogen-bond donors (Lipinski definition) is 1. The molecule has 98 valence electrons. The van der Waals surface area contributed by atoms with Gasteiger partial charge < -0.3 is 14.5 Å². The van der Waals surface area contributed by atoms with Gasteiger partial charge >= 0.3 is 0 Å². The summed E-state index contributed by atoms with van der Waals surface area (Å²) in [5.74, 6) is 0.664. The van der Waals surface area contributed by atoms with E-state index in [1.54, 1.807) is 6.07 Å². The van der Waals surface area contributed by atoms with Gasteiger partial charge in [-0.25, -0.2) is 0 Å². The number of nitrogens with one attached hydrogen (secondary N) is 1. The minimum atomic E-state index is -0.180. The van der Waals surface area contributed by atoms with E-state index in [1.807, 2.05) is 12.1 Å². The molecule has 0 saturated heterocycles. The van der Waals surface area contributed by atoms with Crippen LogP contribution in [0.2, 0.25) is 5.02 Å². The number of hydrogen-bond acceptors (Lipinski definition) is 3. The Morgan fingerprint density at radius 2 is 2.32 bits per heavy atom. The van der Waals surface area contributed by atoms with Crippen LogP contribution in [0.5, 0.6) is 5.75 Å². The molecule has 1 aromatic carbocycles. The summed E-state index contributed by atoms with van der Waals surface area (Å²) in [5.41, 5.74) is 2.50. The number of amides is 1. The van der Waals surface area contributed by atoms with Gasteiger partial charge in [0.05, 0.1) is 18.4 Å². The molecule has 1 amide bonds. The van der Waals surface area contributed by atoms with Gasteiger partial charge in [0.15, 0.2) is 0 Å². The smallest absolute Gasteiger partial charge is 0.254 e. The molecule has 2 aromatic rings. The molecule has 1 N–H and O–H groups in total. The van der Waals surface area contributed by atoms with Gasteiger partial charge in [-0.3, -0.25) is 4.79 Å². The Balaban J connectivity index is 1.76. The number of carbonyl (C=O) groups is 1. The summed E-state index contributed by atoms with van der Waals surface area (Å²) in [6.07, 6.45) is 3.74. The molecule has 0 atom stereocenters. The lowest BCUT2D eigenvalue weighted by Gasteiger charge is -2.09. The van der Waals surface area contributed by atoms with Crippen molar-refractivity contribution >= 4 is 17.5 Å². The lowest BCUT2D eigenvalue weighted by atomic mass is 10.1. The van der Waals surface area contributed by atoms with Gasteiger partial charge in [0.25, 0.3) is 5.91 Å². The normalized spacial score (nSPS) is 12.9. The van der Waals surface area contributed by atoms with Gasteiger partial charge in [-0.15, -0.1) is 0 Å². The predicted molar refractivity (Wildman–Crippen MR) is 70.5 cm³/mol. The van der Waals surface area contributed by atoms with Crippen molar-refractivity contribution in [3.05, 3.63) is 52.4 Å². The predicted octanol–water partition coefficient (Wildman–Crippen LogP) is 2.80. The highest BCUT2D eigenvalue weighted by Gasteiger charge is 2.18. The Hall–Kier alpha value is -1.94. The van der Waals surface area contributed by atoms with Crippen molar-refractivity contribution in [1.82, 2.24) is 5.32 Å². The molecule has 2 heterocycles. The van der Waals surface area contributed by atoms with Crippen molar-refractivity contribution < 1.29 is 13.9 Å². The summed E-state index contributed by atoms with van der Waals surface area (Å²) in [6, 6.07) is 5.35. The number of furan rings is 1. The maximum atomic E-state index is 11.8. The molecule has 0 saturated carbocycles. The van der Waals surface area contributed by atoms with Crippen LogP contribution < -0.4 is 10.1 Å². The lowest BCUT2D eigenvalue weighted by Crippen LogP contribution is -2.22. The molecule has 0 spiro atoms. The van der Waals surface area contributed by atoms with Crippen LogP contribution in [-0.4, -0.2) is 12.5 Å². The number of carbonyl (C=O) groups excluding carboxylic acids is 1. The molecule has 0 radical (unpaired) electrons. The van der Waals surface area contributed by atoms with Crippen molar-refractivity contribution in [2.45, 2.75) is 13.0 Å². The Labute approximate surface area is 115 Å². The standard InChI is InChI=1S/C14H12ClNO3/c15-12-5-9-2-4-19-13(9)11(6-12)7-16-14(17)10-1-3-18-8-10/h1,3,5-6,8H,2,4,7H2,(H,16,17). The summed E-state index contributed by atoms with van der Waals surface area (Å²) in [5, 5.41) is 3.48. The van der Waals surface area contributed by atoms with Gasteiger partial charge in [0.1, 0.15) is 12.0 Å². The van der Waals surface area contributed by atoms with Crippen LogP contribution in [0.3, 0.4) is 0 Å². The molecule has 1 aromatic heterocycles. The average molecular weight is 278 g/mol. The van der Waals surface area contributed by atoms with Crippen molar-refractivity contribution in [1.29, 1.82) is 0 Å². The second-order valence-corrected chi connectivity index (χ2v) is 4.78. The largest absolute Gasteiger partial charge is 0.493 e. The van der Waals surface area contributed by atoms with E-state index in [0.29, 0.717) is 23.7 Å². The Morgan fingerprint density at radius 1 is 1.42 bits per heavy atom. The molecule has 19 heavy (non-hydrogen) atoms. The van der Waals surface area contributed by atoms with E-state index in [0.717, 1.165) is 23.3 Å². The number of fused-ring (bicyclic) bond motifs is 1. The van der Waals surface area contributed by atoms with Crippen LogP contribution in [0.1, 0.15) is 21.5 Å². The SMILES string of the molecule is O=C(NCc1cc(Cl)cc2c1OCC2)c1ccoc1. The van der Waals surface area contributed by atoms with Crippen LogP contribution in [0.15, 0.2) is 35.1 Å². The van der Waals surface area contributed by atoms with Crippen molar-refractivity contribution in [2.24, 2.45) is 0 Å². The topological polar surface area (TPSA) is 51.5 Å². The zero-order chi connectivity index (χ0) is 13.2. The van der Waals surface area contributed by atoms with E-state index in [-0.39, 0.29) is 5.91 Å². The van der Waals surface area contributed by atoms with Gasteiger partial charge in [0.2, 0.25) is 0 Å². The van der Waals surface area contributed by atoms with Crippen molar-refractivity contribution in [3.63, 3.8) is 0 Å². The van der Waals surface area contributed by atoms with E-state index in [2.05, 4.69) is 5.32 Å². The highest BCUT2D eigenvalue weighted by atomic mass is 35.5. The molecule has 0 fully saturated rings. The first kappa shape index (κ1) is 12.1. The minimum Gasteiger partial charge on any atom is -0.493 e. The van der Waals surface area contributed by atoms with Crippen LogP contribution in [-0.2, 0) is 13.0 Å². The Morgan fingerprint density at radius 3 is 3.11 bits per heavy atom. The molecule has 4 nitrogen and oxygen atoms in total. The molecule has 3 rings (SSSR count). The zero-order valence-electron chi connectivity index (χ0n) is 10.1. The number of ether oxygens (including phenoxy) is 1. The lowest BCUT2D eigenvalue weighted by molar-refractivity contribution is 0.0950. The third-order valence-electron chi connectivity index (χ3n) is 3.05. The second-order valence-electron chi connectivity index (χ2n) is 4.35. The van der Waals surface area contributed by atoms with Crippen molar-refractivity contribution in [2.75, 3.05) is 6.61 Å². The third-order valence-corrected chi connectivity index (χ3v) is 3.27. The quantitative estimate of drug-likeness (QED) is 0.938. The highest BCUT2D eigenvalue weighted by molar-refractivity contribution is 6.30. The summed E-state index contributed by atoms with van der Waals surface area (Å²) >= 11 is 6.06. The molecule has 0 aliphatic carbocycles. The van der Waals surface area contributed by atoms with Crippen LogP contribution in [0, 0.1) is 0 Å². The monoisotopic (exact) mass is 277 g/mol. The van der Waals surface area contributed by atoms with E-state index < -0.39 is 0 Å². The number of rotatable bonds is 3. The Bertz CT molecular complexity index is 607. The number of halogens is 1. The first-order valence-corrected chi connectivity index (χ1v) is 6.36. The maximum Gasteiger partial charge on any atom is 0.254 e. The van der Waals surface area contributed by atoms with E-state index in [9.17, 15) is 4.79 Å². The van der Waals surface area contributed by atoms with Crippen LogP contribution in [0.25, 0.3) is 0 Å². The number of benzene rings is 1. The Kier molecular flexibility index (Phi) is 3.17. The first-order valence-electron chi connectivity index (χ1n) is 5.98. The third kappa shape index (κ3) is 2.44. The fraction of sp³-hybridized carbons (Fsp3) is 0.214. The fourth-order valence-corrected chi connectivity index (χ4v) is 2.41. The molecule has 1 aliphatic heterocycles. The summed E-state index contributed by atoms with van der Waals surface area (Å²) < 4.78 is 10.5. The molecular formula is C14H12ClNO3. The minimum absolute atomic E-state index is 0.180. The fourth-order valence-electron chi connectivity index (χ4n) is 2.15.